The van der Waals surface area contributed by atoms with Gasteiger partial charge in [-0.1, -0.05) is 18.2 Å². The third-order valence-corrected chi connectivity index (χ3v) is 3.72. The molecule has 4 N–H and O–H groups in total. The van der Waals surface area contributed by atoms with Gasteiger partial charge in [-0.2, -0.15) is 5.26 Å². The largest absolute Gasteiger partial charge is 0.361 e. The molecule has 0 bridgehead atoms. The van der Waals surface area contributed by atoms with Crippen LogP contribution in [-0.2, 0) is 11.2 Å². The first-order valence-electron chi connectivity index (χ1n) is 7.78. The Bertz CT molecular complexity index is 762. The van der Waals surface area contributed by atoms with Crippen LogP contribution in [0.5, 0.6) is 0 Å². The average molecular weight is 343 g/mol. The Balaban J connectivity index is 2.17. The van der Waals surface area contributed by atoms with E-state index >= 15 is 0 Å². The lowest BCUT2D eigenvalue weighted by Crippen LogP contribution is -2.52. The normalized spacial score (nSPS) is 11.8. The van der Waals surface area contributed by atoms with E-state index in [1.807, 2.05) is 50.4 Å². The van der Waals surface area contributed by atoms with Crippen LogP contribution in [0.1, 0.15) is 19.4 Å². The van der Waals surface area contributed by atoms with Gasteiger partial charge in [0, 0.05) is 29.6 Å². The first-order valence-corrected chi connectivity index (χ1v) is 8.18. The third kappa shape index (κ3) is 4.70. The summed E-state index contributed by atoms with van der Waals surface area (Å²) < 4.78 is 0. The molecule has 126 valence electrons. The number of nitriles is 1. The number of fused-ring (bicyclic) bond motifs is 1. The maximum absolute atomic E-state index is 12.4. The zero-order valence-corrected chi connectivity index (χ0v) is 14.5. The van der Waals surface area contributed by atoms with Crippen LogP contribution in [0, 0.1) is 11.3 Å². The summed E-state index contributed by atoms with van der Waals surface area (Å²) in [6.07, 6.45) is 2.36. The van der Waals surface area contributed by atoms with Gasteiger partial charge in [0.25, 0.3) is 0 Å². The van der Waals surface area contributed by atoms with E-state index in [-0.39, 0.29) is 18.5 Å². The average Bonchev–Trinajstić information content (AvgIpc) is 2.94. The van der Waals surface area contributed by atoms with Gasteiger partial charge >= 0.3 is 0 Å². The number of aromatic amines is 1. The van der Waals surface area contributed by atoms with Crippen LogP contribution in [0.25, 0.3) is 10.9 Å². The van der Waals surface area contributed by atoms with Crippen LogP contribution in [0.15, 0.2) is 30.5 Å². The lowest BCUT2D eigenvalue weighted by atomic mass is 10.0. The Kier molecular flexibility index (Phi) is 6.15. The second kappa shape index (κ2) is 8.31. The van der Waals surface area contributed by atoms with Crippen molar-refractivity contribution in [3.63, 3.8) is 0 Å². The molecule has 1 heterocycles. The molecule has 6 nitrogen and oxygen atoms in total. The van der Waals surface area contributed by atoms with E-state index in [1.165, 1.54) is 0 Å². The van der Waals surface area contributed by atoms with E-state index in [0.717, 1.165) is 16.5 Å². The summed E-state index contributed by atoms with van der Waals surface area (Å²) in [5, 5.41) is 18.9. The lowest BCUT2D eigenvalue weighted by molar-refractivity contribution is -0.122. The molecule has 0 saturated heterocycles. The molecule has 0 aliphatic rings. The van der Waals surface area contributed by atoms with Gasteiger partial charge in [0.15, 0.2) is 5.11 Å². The van der Waals surface area contributed by atoms with Crippen LogP contribution in [0.2, 0.25) is 0 Å². The van der Waals surface area contributed by atoms with E-state index in [1.54, 1.807) is 0 Å². The van der Waals surface area contributed by atoms with Crippen molar-refractivity contribution >= 4 is 34.1 Å². The summed E-state index contributed by atoms with van der Waals surface area (Å²) >= 11 is 5.25. The highest BCUT2D eigenvalue weighted by Gasteiger charge is 2.21. The highest BCUT2D eigenvalue weighted by atomic mass is 32.1. The Labute approximate surface area is 146 Å². The molecular weight excluding hydrogens is 322 g/mol. The van der Waals surface area contributed by atoms with Crippen molar-refractivity contribution in [2.75, 3.05) is 6.54 Å². The number of aromatic nitrogens is 1. The number of hydrogen-bond acceptors (Lipinski definition) is 3. The van der Waals surface area contributed by atoms with Crippen molar-refractivity contribution < 1.29 is 4.79 Å². The van der Waals surface area contributed by atoms with Gasteiger partial charge in [0.1, 0.15) is 12.6 Å². The predicted octanol–water partition coefficient (Wildman–Crippen LogP) is 1.59. The van der Waals surface area contributed by atoms with Crippen LogP contribution in [0.4, 0.5) is 0 Å². The van der Waals surface area contributed by atoms with Crippen LogP contribution < -0.4 is 16.0 Å². The monoisotopic (exact) mass is 343 g/mol. The van der Waals surface area contributed by atoms with E-state index in [4.69, 9.17) is 17.5 Å². The van der Waals surface area contributed by atoms with Gasteiger partial charge in [-0.15, -0.1) is 0 Å². The third-order valence-electron chi connectivity index (χ3n) is 3.48. The topological polar surface area (TPSA) is 92.7 Å². The summed E-state index contributed by atoms with van der Waals surface area (Å²) in [6, 6.07) is 9.44. The summed E-state index contributed by atoms with van der Waals surface area (Å²) in [7, 11) is 0. The van der Waals surface area contributed by atoms with Gasteiger partial charge in [0.2, 0.25) is 5.91 Å². The molecule has 0 spiro atoms. The predicted molar refractivity (Wildman–Crippen MR) is 98.4 cm³/mol. The number of benzene rings is 1. The zero-order valence-electron chi connectivity index (χ0n) is 13.7. The molecule has 24 heavy (non-hydrogen) atoms. The van der Waals surface area contributed by atoms with Gasteiger partial charge in [-0.05, 0) is 37.7 Å². The minimum atomic E-state index is -0.559. The molecule has 1 amide bonds. The standard InChI is InChI=1S/C17H21N5OS/c1-11(2)21-17(24)22-15(16(23)19-8-7-18)9-12-10-20-14-6-4-3-5-13(12)14/h3-6,10-11,15,20H,8-9H2,1-2H3,(H,19,23)(H2,21,22,24). The molecule has 0 fully saturated rings. The fourth-order valence-corrected chi connectivity index (χ4v) is 2.82. The van der Waals surface area contributed by atoms with Crippen LogP contribution in [-0.4, -0.2) is 34.6 Å². The molecule has 7 heteroatoms. The molecule has 2 rings (SSSR count). The van der Waals surface area contributed by atoms with Crippen molar-refractivity contribution in [1.29, 1.82) is 5.26 Å². The van der Waals surface area contributed by atoms with Gasteiger partial charge in [0.05, 0.1) is 6.07 Å². The number of thiocarbonyl (C=S) groups is 1. The number of H-pyrrole nitrogens is 1. The second-order valence-corrected chi connectivity index (χ2v) is 6.17. The highest BCUT2D eigenvalue weighted by Crippen LogP contribution is 2.19. The molecule has 1 aromatic carbocycles. The molecule has 0 aliphatic carbocycles. The maximum atomic E-state index is 12.4. The van der Waals surface area contributed by atoms with Crippen molar-refractivity contribution in [3.05, 3.63) is 36.0 Å². The minimum absolute atomic E-state index is 0.0325. The molecule has 0 aliphatic heterocycles. The fourth-order valence-electron chi connectivity index (χ4n) is 2.44. The number of nitrogens with zero attached hydrogens (tertiary/aromatic N) is 1. The molecule has 0 radical (unpaired) electrons. The summed E-state index contributed by atoms with van der Waals surface area (Å²) in [5.74, 6) is -0.255. The molecule has 1 aromatic heterocycles. The number of carbonyl (C=O) groups excluding carboxylic acids is 1. The lowest BCUT2D eigenvalue weighted by Gasteiger charge is -2.21. The Morgan fingerprint density at radius 2 is 2.08 bits per heavy atom. The summed E-state index contributed by atoms with van der Waals surface area (Å²) in [6.45, 7) is 3.91. The molecule has 1 atom stereocenters. The molecule has 0 saturated carbocycles. The number of rotatable bonds is 6. The molecule has 1 unspecified atom stereocenters. The zero-order chi connectivity index (χ0) is 17.5. The number of amides is 1. The Morgan fingerprint density at radius 3 is 2.79 bits per heavy atom. The van der Waals surface area contributed by atoms with Gasteiger partial charge < -0.3 is 20.9 Å². The maximum Gasteiger partial charge on any atom is 0.243 e. The van der Waals surface area contributed by atoms with Crippen LogP contribution in [0.3, 0.4) is 0 Å². The number of nitrogens with one attached hydrogen (secondary N) is 4. The first-order chi connectivity index (χ1) is 11.5. The van der Waals surface area contributed by atoms with Gasteiger partial charge in [-0.25, -0.2) is 0 Å². The van der Waals surface area contributed by atoms with E-state index in [0.29, 0.717) is 11.5 Å². The van der Waals surface area contributed by atoms with Gasteiger partial charge in [-0.3, -0.25) is 4.79 Å². The fraction of sp³-hybridized carbons (Fsp3) is 0.353. The Morgan fingerprint density at radius 1 is 1.33 bits per heavy atom. The van der Waals surface area contributed by atoms with E-state index in [2.05, 4.69) is 20.9 Å². The van der Waals surface area contributed by atoms with Crippen molar-refractivity contribution in [2.45, 2.75) is 32.4 Å². The molecular formula is C17H21N5OS. The number of para-hydroxylation sites is 1. The summed E-state index contributed by atoms with van der Waals surface area (Å²) in [5.41, 5.74) is 2.04. The van der Waals surface area contributed by atoms with Crippen molar-refractivity contribution in [3.8, 4) is 6.07 Å². The van der Waals surface area contributed by atoms with Crippen molar-refractivity contribution in [1.82, 2.24) is 20.9 Å². The van der Waals surface area contributed by atoms with E-state index < -0.39 is 6.04 Å². The highest BCUT2D eigenvalue weighted by molar-refractivity contribution is 7.80. The number of carbonyl (C=O) groups is 1. The van der Waals surface area contributed by atoms with Crippen LogP contribution >= 0.6 is 12.2 Å². The number of hydrogen-bond donors (Lipinski definition) is 4. The SMILES string of the molecule is CC(C)NC(=S)NC(Cc1c[nH]c2ccccc12)C(=O)NCC#N. The Hall–Kier alpha value is -2.59. The van der Waals surface area contributed by atoms with Crippen molar-refractivity contribution in [2.24, 2.45) is 0 Å². The smallest absolute Gasteiger partial charge is 0.243 e. The second-order valence-electron chi connectivity index (χ2n) is 5.76. The quantitative estimate of drug-likeness (QED) is 0.472. The summed E-state index contributed by atoms with van der Waals surface area (Å²) in [4.78, 5) is 15.6. The van der Waals surface area contributed by atoms with E-state index in [9.17, 15) is 4.79 Å². The minimum Gasteiger partial charge on any atom is -0.361 e. The molecule has 2 aromatic rings. The first kappa shape index (κ1) is 17.8.